The first-order valence-corrected chi connectivity index (χ1v) is 10.0. The highest BCUT2D eigenvalue weighted by molar-refractivity contribution is 6.47. The number of para-hydroxylation sites is 2. The highest BCUT2D eigenvalue weighted by atomic mass is 16.2. The lowest BCUT2D eigenvalue weighted by atomic mass is 10.2. The van der Waals surface area contributed by atoms with Crippen LogP contribution in [0, 0.1) is 0 Å². The largest absolute Gasteiger partial charge is 0.399 e. The Labute approximate surface area is 186 Å². The Balaban J connectivity index is 1.79. The van der Waals surface area contributed by atoms with Gasteiger partial charge < -0.3 is 11.5 Å². The van der Waals surface area contributed by atoms with E-state index >= 15 is 0 Å². The van der Waals surface area contributed by atoms with Gasteiger partial charge in [0.2, 0.25) is 0 Å². The van der Waals surface area contributed by atoms with E-state index in [2.05, 4.69) is 0 Å². The predicted molar refractivity (Wildman–Crippen MR) is 129 cm³/mol. The molecule has 0 aromatic heterocycles. The fourth-order valence-corrected chi connectivity index (χ4v) is 3.36. The summed E-state index contributed by atoms with van der Waals surface area (Å²) in [5.74, 6) is -1.41. The molecule has 0 spiro atoms. The number of carbonyl (C=O) groups is 2. The van der Waals surface area contributed by atoms with Gasteiger partial charge in [0, 0.05) is 34.1 Å². The Morgan fingerprint density at radius 3 is 1.03 bits per heavy atom. The molecule has 0 heterocycles. The lowest BCUT2D eigenvalue weighted by Gasteiger charge is -2.27. The van der Waals surface area contributed by atoms with Gasteiger partial charge in [-0.15, -0.1) is 0 Å². The number of hydrogen-bond donors (Lipinski definition) is 2. The molecule has 0 aliphatic carbocycles. The first kappa shape index (κ1) is 20.7. The van der Waals surface area contributed by atoms with Crippen molar-refractivity contribution in [3.63, 3.8) is 0 Å². The Bertz CT molecular complexity index is 1110. The van der Waals surface area contributed by atoms with Crippen molar-refractivity contribution in [3.8, 4) is 0 Å². The lowest BCUT2D eigenvalue weighted by Crippen LogP contribution is -2.41. The highest BCUT2D eigenvalue weighted by Gasteiger charge is 2.31. The summed E-state index contributed by atoms with van der Waals surface area (Å²) >= 11 is 0. The minimum atomic E-state index is -0.707. The van der Waals surface area contributed by atoms with Gasteiger partial charge in [0.25, 0.3) is 0 Å². The highest BCUT2D eigenvalue weighted by Crippen LogP contribution is 2.30. The Morgan fingerprint density at radius 1 is 0.438 bits per heavy atom. The van der Waals surface area contributed by atoms with E-state index in [9.17, 15) is 9.59 Å². The Morgan fingerprint density at radius 2 is 0.719 bits per heavy atom. The minimum absolute atomic E-state index is 0.536. The monoisotopic (exact) mass is 422 g/mol. The number of carbonyl (C=O) groups excluding carboxylic acids is 2. The Kier molecular flexibility index (Phi) is 5.85. The smallest absolute Gasteiger partial charge is 0.321 e. The number of hydrogen-bond acceptors (Lipinski definition) is 4. The molecular weight excluding hydrogens is 400 g/mol. The second kappa shape index (κ2) is 9.06. The van der Waals surface area contributed by atoms with E-state index in [1.807, 2.05) is 36.4 Å². The zero-order chi connectivity index (χ0) is 22.5. The first-order valence-electron chi connectivity index (χ1n) is 10.0. The normalized spacial score (nSPS) is 10.4. The molecule has 2 amide bonds. The molecule has 4 rings (SSSR count). The molecule has 0 bridgehead atoms. The van der Waals surface area contributed by atoms with Gasteiger partial charge in [0.15, 0.2) is 0 Å². The van der Waals surface area contributed by atoms with Gasteiger partial charge in [-0.2, -0.15) is 0 Å². The first-order chi connectivity index (χ1) is 15.5. The van der Waals surface area contributed by atoms with Crippen molar-refractivity contribution in [3.05, 3.63) is 109 Å². The van der Waals surface area contributed by atoms with E-state index in [1.54, 1.807) is 72.8 Å². The van der Waals surface area contributed by atoms with Crippen LogP contribution in [0.1, 0.15) is 0 Å². The van der Waals surface area contributed by atoms with Crippen molar-refractivity contribution in [2.45, 2.75) is 0 Å². The van der Waals surface area contributed by atoms with E-state index in [1.165, 1.54) is 9.80 Å². The van der Waals surface area contributed by atoms with Gasteiger partial charge in [-0.25, -0.2) is 0 Å². The van der Waals surface area contributed by atoms with E-state index in [0.717, 1.165) is 0 Å². The molecular formula is C26H22N4O2. The summed E-state index contributed by atoms with van der Waals surface area (Å²) in [7, 11) is 0. The van der Waals surface area contributed by atoms with E-state index < -0.39 is 11.8 Å². The maximum Gasteiger partial charge on any atom is 0.321 e. The summed E-state index contributed by atoms with van der Waals surface area (Å²) in [6, 6.07) is 31.7. The van der Waals surface area contributed by atoms with Crippen molar-refractivity contribution < 1.29 is 9.59 Å². The molecule has 0 saturated heterocycles. The second-order valence-corrected chi connectivity index (χ2v) is 7.14. The van der Waals surface area contributed by atoms with Crippen LogP contribution in [-0.4, -0.2) is 11.8 Å². The van der Waals surface area contributed by atoms with Crippen LogP contribution in [0.4, 0.5) is 34.1 Å². The zero-order valence-electron chi connectivity index (χ0n) is 17.3. The van der Waals surface area contributed by atoms with Crippen LogP contribution in [-0.2, 0) is 9.59 Å². The molecule has 0 unspecified atom stereocenters. The number of nitrogen functional groups attached to an aromatic ring is 2. The number of anilines is 6. The topological polar surface area (TPSA) is 92.7 Å². The summed E-state index contributed by atoms with van der Waals surface area (Å²) in [4.78, 5) is 30.1. The third-order valence-electron chi connectivity index (χ3n) is 4.92. The maximum absolute atomic E-state index is 13.7. The van der Waals surface area contributed by atoms with Gasteiger partial charge in [0.05, 0.1) is 0 Å². The molecule has 4 aromatic rings. The van der Waals surface area contributed by atoms with Crippen LogP contribution >= 0.6 is 0 Å². The van der Waals surface area contributed by atoms with E-state index in [-0.39, 0.29) is 0 Å². The molecule has 0 aliphatic rings. The van der Waals surface area contributed by atoms with Gasteiger partial charge >= 0.3 is 11.8 Å². The van der Waals surface area contributed by atoms with Gasteiger partial charge in [-0.1, -0.05) is 36.4 Å². The van der Waals surface area contributed by atoms with Crippen molar-refractivity contribution in [2.24, 2.45) is 0 Å². The van der Waals surface area contributed by atoms with Crippen molar-refractivity contribution in [1.82, 2.24) is 0 Å². The summed E-state index contributed by atoms with van der Waals surface area (Å²) in [5, 5.41) is 0. The number of benzene rings is 4. The molecule has 0 radical (unpaired) electrons. The predicted octanol–water partition coefficient (Wildman–Crippen LogP) is 4.88. The molecule has 4 N–H and O–H groups in total. The third kappa shape index (κ3) is 4.29. The molecule has 4 aromatic carbocycles. The number of rotatable bonds is 4. The molecule has 0 fully saturated rings. The molecule has 32 heavy (non-hydrogen) atoms. The van der Waals surface area contributed by atoms with Crippen LogP contribution in [0.15, 0.2) is 109 Å². The summed E-state index contributed by atoms with van der Waals surface area (Å²) in [5.41, 5.74) is 15.0. The fraction of sp³-hybridized carbons (Fsp3) is 0. The van der Waals surface area contributed by atoms with E-state index in [4.69, 9.17) is 11.5 Å². The number of amides is 2. The van der Waals surface area contributed by atoms with Crippen LogP contribution in [0.3, 0.4) is 0 Å². The second-order valence-electron chi connectivity index (χ2n) is 7.14. The third-order valence-corrected chi connectivity index (χ3v) is 4.92. The molecule has 6 nitrogen and oxygen atoms in total. The van der Waals surface area contributed by atoms with Crippen molar-refractivity contribution >= 4 is 45.9 Å². The molecule has 0 atom stereocenters. The summed E-state index contributed by atoms with van der Waals surface area (Å²) in [6.07, 6.45) is 0. The summed E-state index contributed by atoms with van der Waals surface area (Å²) in [6.45, 7) is 0. The SMILES string of the molecule is Nc1ccc(N(C(=O)C(=O)N(c2ccccc2)c2ccc(N)cc2)c2ccccc2)cc1. The zero-order valence-corrected chi connectivity index (χ0v) is 17.3. The van der Waals surface area contributed by atoms with Crippen LogP contribution in [0.5, 0.6) is 0 Å². The van der Waals surface area contributed by atoms with Gasteiger partial charge in [0.1, 0.15) is 0 Å². The minimum Gasteiger partial charge on any atom is -0.399 e. The standard InChI is InChI=1S/C26H22N4O2/c27-19-11-15-23(16-12-19)29(21-7-3-1-4-8-21)25(31)26(32)30(22-9-5-2-6-10-22)24-17-13-20(28)14-18-24/h1-18H,27-28H2. The fourth-order valence-electron chi connectivity index (χ4n) is 3.36. The van der Waals surface area contributed by atoms with Crippen LogP contribution in [0.25, 0.3) is 0 Å². The average molecular weight is 422 g/mol. The lowest BCUT2D eigenvalue weighted by molar-refractivity contribution is -0.135. The summed E-state index contributed by atoms with van der Waals surface area (Å²) < 4.78 is 0. The van der Waals surface area contributed by atoms with Gasteiger partial charge in [-0.05, 0) is 72.8 Å². The van der Waals surface area contributed by atoms with Crippen LogP contribution in [0.2, 0.25) is 0 Å². The average Bonchev–Trinajstić information content (AvgIpc) is 2.83. The Hall–Kier alpha value is -4.58. The maximum atomic E-state index is 13.7. The van der Waals surface area contributed by atoms with Crippen molar-refractivity contribution in [1.29, 1.82) is 0 Å². The van der Waals surface area contributed by atoms with Crippen LogP contribution < -0.4 is 21.3 Å². The molecule has 0 aliphatic heterocycles. The molecule has 0 saturated carbocycles. The number of nitrogens with two attached hydrogens (primary N) is 2. The number of nitrogens with zero attached hydrogens (tertiary/aromatic N) is 2. The van der Waals surface area contributed by atoms with E-state index in [0.29, 0.717) is 34.1 Å². The van der Waals surface area contributed by atoms with Crippen molar-refractivity contribution in [2.75, 3.05) is 21.3 Å². The molecule has 6 heteroatoms. The molecule has 158 valence electrons. The van der Waals surface area contributed by atoms with Gasteiger partial charge in [-0.3, -0.25) is 19.4 Å². The quantitative estimate of drug-likeness (QED) is 0.362.